The fraction of sp³-hybridized carbons (Fsp3) is 0.462. The zero-order chi connectivity index (χ0) is 37.7. The van der Waals surface area contributed by atoms with Crippen LogP contribution in [0, 0.1) is 0 Å². The van der Waals surface area contributed by atoms with E-state index in [0.717, 1.165) is 84.3 Å². The van der Waals surface area contributed by atoms with E-state index >= 15 is 0 Å². The van der Waals surface area contributed by atoms with Crippen LogP contribution >= 0.6 is 11.3 Å². The molecule has 15 heteroatoms. The number of methoxy groups -OCH3 is 1. The Morgan fingerprint density at radius 1 is 0.870 bits per heavy atom. The number of ether oxygens (including phenoxy) is 4. The van der Waals surface area contributed by atoms with Gasteiger partial charge in [-0.3, -0.25) is 9.79 Å². The van der Waals surface area contributed by atoms with Crippen LogP contribution in [0.5, 0.6) is 28.7 Å². The van der Waals surface area contributed by atoms with E-state index in [0.29, 0.717) is 62.5 Å². The van der Waals surface area contributed by atoms with E-state index < -0.39 is 6.36 Å². The smallest absolute Gasteiger partial charge is 0.504 e. The number of alkyl halides is 3. The number of thiazole rings is 1. The summed E-state index contributed by atoms with van der Waals surface area (Å²) in [7, 11) is 1.59. The third-order valence-corrected chi connectivity index (χ3v) is 11.0. The Morgan fingerprint density at radius 3 is 2.28 bits per heavy atom. The number of aliphatic imine (C=N–C) groups is 1. The molecule has 288 valence electrons. The van der Waals surface area contributed by atoms with Crippen LogP contribution in [0.3, 0.4) is 0 Å². The lowest BCUT2D eigenvalue weighted by molar-refractivity contribution is -0.274. The number of benzene rings is 3. The van der Waals surface area contributed by atoms with Crippen molar-refractivity contribution in [2.75, 3.05) is 66.1 Å². The first-order valence-corrected chi connectivity index (χ1v) is 19.2. The fourth-order valence-electron chi connectivity index (χ4n) is 7.09. The molecule has 11 nitrogen and oxygen atoms in total. The van der Waals surface area contributed by atoms with Gasteiger partial charge in [-0.05, 0) is 94.1 Å². The first kappa shape index (κ1) is 37.7. The minimum absolute atomic E-state index is 0.00149. The summed E-state index contributed by atoms with van der Waals surface area (Å²) in [5.41, 5.74) is 2.38. The van der Waals surface area contributed by atoms with Crippen LogP contribution in [0.1, 0.15) is 48.9 Å². The van der Waals surface area contributed by atoms with Crippen molar-refractivity contribution in [2.24, 2.45) is 4.99 Å². The molecule has 0 saturated carbocycles. The van der Waals surface area contributed by atoms with Crippen molar-refractivity contribution in [1.82, 2.24) is 19.7 Å². The molecule has 3 aromatic carbocycles. The van der Waals surface area contributed by atoms with E-state index in [1.165, 1.54) is 29.5 Å². The second kappa shape index (κ2) is 16.8. The van der Waals surface area contributed by atoms with Crippen molar-refractivity contribution in [3.8, 4) is 39.3 Å². The number of nitrogens with zero attached hydrogens (tertiary/aromatic N) is 5. The Kier molecular flexibility index (Phi) is 11.7. The number of amides is 1. The van der Waals surface area contributed by atoms with Gasteiger partial charge in [0, 0.05) is 50.6 Å². The van der Waals surface area contributed by atoms with Crippen LogP contribution in [-0.2, 0) is 0 Å². The molecule has 4 aromatic rings. The van der Waals surface area contributed by atoms with Crippen molar-refractivity contribution in [3.63, 3.8) is 0 Å². The standard InChI is InChI=1S/C39H44F3N5O6S/c1-50-34-23-29-31(43-25-27-7-6-14-47(27)38(29)49)24-35(34)52-20-5-3-13-46-17-15-45(16-18-46)12-2-4-19-51-33-11-8-26(21-32(33)48)37-44-30-10-9-28(22-36(30)54-37)53-39(40,41)42/h8-11,21-25,27,48H,2-7,12-20H2,1H3/t27-/m0/s1. The lowest BCUT2D eigenvalue weighted by Crippen LogP contribution is -2.46. The summed E-state index contributed by atoms with van der Waals surface area (Å²) < 4.78 is 59.9. The molecular formula is C39H44F3N5O6S. The van der Waals surface area contributed by atoms with E-state index in [1.807, 2.05) is 17.2 Å². The maximum absolute atomic E-state index is 13.1. The first-order valence-electron chi connectivity index (χ1n) is 18.4. The highest BCUT2D eigenvalue weighted by Crippen LogP contribution is 2.39. The summed E-state index contributed by atoms with van der Waals surface area (Å²) in [6, 6.07) is 12.7. The average Bonchev–Trinajstić information content (AvgIpc) is 3.78. The van der Waals surface area contributed by atoms with E-state index in [-0.39, 0.29) is 23.4 Å². The second-order valence-corrected chi connectivity index (χ2v) is 14.7. The number of fused-ring (bicyclic) bond motifs is 3. The third kappa shape index (κ3) is 9.19. The van der Waals surface area contributed by atoms with Gasteiger partial charge in [-0.25, -0.2) is 4.98 Å². The van der Waals surface area contributed by atoms with Gasteiger partial charge >= 0.3 is 6.36 Å². The van der Waals surface area contributed by atoms with Gasteiger partial charge in [0.25, 0.3) is 5.91 Å². The predicted molar refractivity (Wildman–Crippen MR) is 201 cm³/mol. The fourth-order valence-corrected chi connectivity index (χ4v) is 8.08. The number of halogens is 3. The van der Waals surface area contributed by atoms with Crippen LogP contribution in [-0.4, -0.2) is 115 Å². The van der Waals surface area contributed by atoms with Gasteiger partial charge in [0.1, 0.15) is 10.8 Å². The van der Waals surface area contributed by atoms with E-state index in [4.69, 9.17) is 14.2 Å². The second-order valence-electron chi connectivity index (χ2n) is 13.7. The lowest BCUT2D eigenvalue weighted by atomic mass is 10.1. The van der Waals surface area contributed by atoms with Crippen molar-refractivity contribution >= 4 is 39.4 Å². The SMILES string of the molecule is COc1cc2c(cc1OCCCCN1CCN(CCCCOc3ccc(-c4nc5ccc(OC(F)(F)F)cc5s4)cc3O)CC1)N=C[C@@H]1CCCN1C2=O. The number of rotatable bonds is 15. The lowest BCUT2D eigenvalue weighted by Gasteiger charge is -2.34. The molecule has 3 aliphatic rings. The number of phenols is 1. The van der Waals surface area contributed by atoms with Gasteiger partial charge in [0.15, 0.2) is 23.0 Å². The number of carbonyl (C=O) groups excluding carboxylic acids is 1. The number of carbonyl (C=O) groups is 1. The number of hydrogen-bond donors (Lipinski definition) is 1. The van der Waals surface area contributed by atoms with Crippen LogP contribution < -0.4 is 18.9 Å². The minimum Gasteiger partial charge on any atom is -0.504 e. The van der Waals surface area contributed by atoms with Crippen molar-refractivity contribution in [1.29, 1.82) is 0 Å². The molecule has 0 aliphatic carbocycles. The number of aromatic nitrogens is 1. The largest absolute Gasteiger partial charge is 0.573 e. The van der Waals surface area contributed by atoms with Crippen LogP contribution in [0.15, 0.2) is 53.5 Å². The quantitative estimate of drug-likeness (QED) is 0.123. The molecule has 1 aromatic heterocycles. The Balaban J connectivity index is 0.774. The van der Waals surface area contributed by atoms with Gasteiger partial charge in [0.05, 0.1) is 47.8 Å². The molecule has 0 bridgehead atoms. The van der Waals surface area contributed by atoms with Crippen LogP contribution in [0.2, 0.25) is 0 Å². The third-order valence-electron chi connectivity index (χ3n) is 9.97. The van der Waals surface area contributed by atoms with Crippen LogP contribution in [0.4, 0.5) is 18.9 Å². The Bertz CT molecular complexity index is 1960. The molecule has 1 atom stereocenters. The molecule has 2 saturated heterocycles. The zero-order valence-corrected chi connectivity index (χ0v) is 31.0. The number of phenolic OH excluding ortho intramolecular Hbond substituents is 1. The summed E-state index contributed by atoms with van der Waals surface area (Å²) >= 11 is 1.22. The molecule has 0 spiro atoms. The molecule has 54 heavy (non-hydrogen) atoms. The minimum atomic E-state index is -4.77. The van der Waals surface area contributed by atoms with Crippen LogP contribution in [0.25, 0.3) is 20.8 Å². The molecule has 1 amide bonds. The predicted octanol–water partition coefficient (Wildman–Crippen LogP) is 7.53. The summed E-state index contributed by atoms with van der Waals surface area (Å²) in [5, 5.41) is 11.2. The van der Waals surface area contributed by atoms with E-state index in [2.05, 4.69) is 24.5 Å². The number of piperazine rings is 1. The molecular weight excluding hydrogens is 724 g/mol. The number of unbranched alkanes of at least 4 members (excludes halogenated alkanes) is 2. The highest BCUT2D eigenvalue weighted by atomic mass is 32.1. The monoisotopic (exact) mass is 767 g/mol. The van der Waals surface area contributed by atoms with Gasteiger partial charge in [-0.15, -0.1) is 24.5 Å². The summed E-state index contributed by atoms with van der Waals surface area (Å²) in [6.45, 7) is 7.88. The highest BCUT2D eigenvalue weighted by Gasteiger charge is 2.33. The number of hydrogen-bond acceptors (Lipinski definition) is 11. The molecule has 7 rings (SSSR count). The van der Waals surface area contributed by atoms with Gasteiger partial charge in [-0.1, -0.05) is 0 Å². The molecule has 0 unspecified atom stereocenters. The van der Waals surface area contributed by atoms with E-state index in [1.54, 1.807) is 31.4 Å². The zero-order valence-electron chi connectivity index (χ0n) is 30.1. The normalized spacial score (nSPS) is 17.7. The molecule has 2 fully saturated rings. The Labute approximate surface area is 315 Å². The average molecular weight is 768 g/mol. The van der Waals surface area contributed by atoms with E-state index in [9.17, 15) is 23.1 Å². The first-order chi connectivity index (χ1) is 26.1. The maximum atomic E-state index is 13.1. The topological polar surface area (TPSA) is 109 Å². The van der Waals surface area contributed by atoms with Crippen molar-refractivity contribution in [2.45, 2.75) is 50.9 Å². The van der Waals surface area contributed by atoms with Crippen molar-refractivity contribution in [3.05, 3.63) is 54.1 Å². The summed E-state index contributed by atoms with van der Waals surface area (Å²) in [5.74, 6) is 1.23. The molecule has 1 N–H and O–H groups in total. The molecule has 4 heterocycles. The summed E-state index contributed by atoms with van der Waals surface area (Å²) in [4.78, 5) is 29.1. The maximum Gasteiger partial charge on any atom is 0.573 e. The number of aromatic hydroxyl groups is 1. The molecule has 3 aliphatic heterocycles. The Morgan fingerprint density at radius 2 is 1.59 bits per heavy atom. The Hall–Kier alpha value is -4.60. The highest BCUT2D eigenvalue weighted by molar-refractivity contribution is 7.21. The van der Waals surface area contributed by atoms with Crippen molar-refractivity contribution < 1.29 is 42.0 Å². The van der Waals surface area contributed by atoms with Gasteiger partial charge < -0.3 is 38.8 Å². The summed E-state index contributed by atoms with van der Waals surface area (Å²) in [6.07, 6.45) is 2.81. The van der Waals surface area contributed by atoms with Gasteiger partial charge in [0.2, 0.25) is 0 Å². The van der Waals surface area contributed by atoms with Gasteiger partial charge in [-0.2, -0.15) is 0 Å². The molecule has 0 radical (unpaired) electrons.